The third kappa shape index (κ3) is 2.95. The first kappa shape index (κ1) is 17.0. The standard InChI is InChI=1S/C15H15FN4O4S/c1-7-11-13(21)14(22)12(17-15(11)20(2)18-7)9-5-4-8(6-10(9)16)19-25(3,23)24/h4-6,19,22H,1-3H3,(H,17,21). The number of hydrogen-bond donors (Lipinski definition) is 3. The van der Waals surface area contributed by atoms with Gasteiger partial charge in [-0.1, -0.05) is 0 Å². The lowest BCUT2D eigenvalue weighted by Crippen LogP contribution is -2.10. The summed E-state index contributed by atoms with van der Waals surface area (Å²) in [7, 11) is -1.94. The van der Waals surface area contributed by atoms with Crippen LogP contribution in [-0.4, -0.2) is 34.5 Å². The zero-order chi connectivity index (χ0) is 18.5. The van der Waals surface area contributed by atoms with Crippen LogP contribution in [0.5, 0.6) is 5.75 Å². The van der Waals surface area contributed by atoms with Crippen LogP contribution < -0.4 is 10.2 Å². The molecule has 132 valence electrons. The number of aromatic nitrogens is 3. The minimum atomic E-state index is -3.55. The van der Waals surface area contributed by atoms with E-state index >= 15 is 0 Å². The summed E-state index contributed by atoms with van der Waals surface area (Å²) >= 11 is 0. The molecule has 2 aromatic heterocycles. The number of nitrogens with zero attached hydrogens (tertiary/aromatic N) is 2. The molecule has 10 heteroatoms. The molecule has 2 heterocycles. The van der Waals surface area contributed by atoms with Crippen molar-refractivity contribution < 1.29 is 17.9 Å². The highest BCUT2D eigenvalue weighted by Gasteiger charge is 2.20. The number of nitrogens with one attached hydrogen (secondary N) is 2. The van der Waals surface area contributed by atoms with E-state index in [9.17, 15) is 22.7 Å². The van der Waals surface area contributed by atoms with E-state index in [-0.39, 0.29) is 22.3 Å². The van der Waals surface area contributed by atoms with Gasteiger partial charge in [0.15, 0.2) is 5.75 Å². The van der Waals surface area contributed by atoms with Crippen LogP contribution in [-0.2, 0) is 17.1 Å². The third-order valence-corrected chi connectivity index (χ3v) is 4.29. The molecule has 25 heavy (non-hydrogen) atoms. The van der Waals surface area contributed by atoms with Gasteiger partial charge in [0.1, 0.15) is 11.5 Å². The van der Waals surface area contributed by atoms with Crippen molar-refractivity contribution >= 4 is 26.7 Å². The number of sulfonamides is 1. The fourth-order valence-corrected chi connectivity index (χ4v) is 3.23. The molecular formula is C15H15FN4O4S. The second kappa shape index (κ2) is 5.59. The average Bonchev–Trinajstić information content (AvgIpc) is 2.76. The Balaban J connectivity index is 2.22. The molecule has 3 N–H and O–H groups in total. The monoisotopic (exact) mass is 366 g/mol. The van der Waals surface area contributed by atoms with Crippen molar-refractivity contribution in [1.82, 2.24) is 14.8 Å². The molecule has 8 nitrogen and oxygen atoms in total. The van der Waals surface area contributed by atoms with Crippen molar-refractivity contribution in [1.29, 1.82) is 0 Å². The molecule has 0 bridgehead atoms. The summed E-state index contributed by atoms with van der Waals surface area (Å²) in [6.07, 6.45) is 0.945. The number of aryl methyl sites for hydroxylation is 2. The minimum Gasteiger partial charge on any atom is -0.503 e. The Bertz CT molecular complexity index is 1160. The highest BCUT2D eigenvalue weighted by atomic mass is 32.2. The van der Waals surface area contributed by atoms with Crippen LogP contribution in [0.1, 0.15) is 5.69 Å². The van der Waals surface area contributed by atoms with Gasteiger partial charge in [0.25, 0.3) is 0 Å². The predicted octanol–water partition coefficient (Wildman–Crippen LogP) is 1.45. The van der Waals surface area contributed by atoms with Crippen LogP contribution >= 0.6 is 0 Å². The van der Waals surface area contributed by atoms with E-state index < -0.39 is 27.0 Å². The largest absolute Gasteiger partial charge is 0.503 e. The number of halogens is 1. The molecule has 0 aliphatic rings. The first-order valence-corrected chi connectivity index (χ1v) is 9.04. The zero-order valence-corrected chi connectivity index (χ0v) is 14.4. The molecule has 3 rings (SSSR count). The predicted molar refractivity (Wildman–Crippen MR) is 91.6 cm³/mol. The van der Waals surface area contributed by atoms with Gasteiger partial charge in [-0.2, -0.15) is 5.10 Å². The molecule has 0 saturated carbocycles. The molecule has 0 saturated heterocycles. The maximum absolute atomic E-state index is 14.4. The molecule has 0 atom stereocenters. The highest BCUT2D eigenvalue weighted by molar-refractivity contribution is 7.92. The summed E-state index contributed by atoms with van der Waals surface area (Å²) in [5.41, 5.74) is -0.0322. The van der Waals surface area contributed by atoms with Crippen LogP contribution in [0.3, 0.4) is 0 Å². The maximum atomic E-state index is 14.4. The summed E-state index contributed by atoms with van der Waals surface area (Å²) in [6, 6.07) is 3.56. The highest BCUT2D eigenvalue weighted by Crippen LogP contribution is 2.30. The SMILES string of the molecule is Cc1nn(C)c2[nH]c(-c3ccc(NS(C)(=O)=O)cc3F)c(O)c(=O)c12. The summed E-state index contributed by atoms with van der Waals surface area (Å²) in [5, 5.41) is 14.5. The quantitative estimate of drug-likeness (QED) is 0.649. The lowest BCUT2D eigenvalue weighted by atomic mass is 10.1. The number of benzene rings is 1. The minimum absolute atomic E-state index is 0.0306. The van der Waals surface area contributed by atoms with E-state index in [0.29, 0.717) is 11.3 Å². The Labute approximate surface area is 142 Å². The number of anilines is 1. The van der Waals surface area contributed by atoms with E-state index in [1.54, 1.807) is 14.0 Å². The van der Waals surface area contributed by atoms with E-state index in [1.165, 1.54) is 16.8 Å². The van der Waals surface area contributed by atoms with Crippen molar-refractivity contribution in [3.63, 3.8) is 0 Å². The molecule has 1 aromatic carbocycles. The van der Waals surface area contributed by atoms with E-state index in [0.717, 1.165) is 12.3 Å². The van der Waals surface area contributed by atoms with Crippen molar-refractivity contribution in [2.75, 3.05) is 11.0 Å². The van der Waals surface area contributed by atoms with Crippen molar-refractivity contribution in [2.45, 2.75) is 6.92 Å². The van der Waals surface area contributed by atoms with E-state index in [4.69, 9.17) is 0 Å². The first-order valence-electron chi connectivity index (χ1n) is 7.14. The van der Waals surface area contributed by atoms with Gasteiger partial charge >= 0.3 is 0 Å². The fourth-order valence-electron chi connectivity index (χ4n) is 2.67. The Morgan fingerprint density at radius 2 is 2.04 bits per heavy atom. The Hall–Kier alpha value is -2.88. The van der Waals surface area contributed by atoms with Crippen LogP contribution in [0.4, 0.5) is 10.1 Å². The van der Waals surface area contributed by atoms with Crippen molar-refractivity contribution in [3.8, 4) is 17.0 Å². The number of pyridine rings is 1. The van der Waals surface area contributed by atoms with Crippen LogP contribution in [0.15, 0.2) is 23.0 Å². The number of H-pyrrole nitrogens is 1. The molecule has 0 amide bonds. The summed E-state index contributed by atoms with van der Waals surface area (Å²) in [6.45, 7) is 1.63. The third-order valence-electron chi connectivity index (χ3n) is 3.69. The van der Waals surface area contributed by atoms with Gasteiger partial charge < -0.3 is 10.1 Å². The number of rotatable bonds is 3. The molecule has 0 aliphatic carbocycles. The topological polar surface area (TPSA) is 117 Å². The molecule has 0 aliphatic heterocycles. The number of hydrogen-bond acceptors (Lipinski definition) is 5. The lowest BCUT2D eigenvalue weighted by molar-refractivity contribution is 0.470. The molecule has 3 aromatic rings. The Morgan fingerprint density at radius 3 is 2.64 bits per heavy atom. The number of fused-ring (bicyclic) bond motifs is 1. The normalized spacial score (nSPS) is 11.8. The smallest absolute Gasteiger partial charge is 0.235 e. The van der Waals surface area contributed by atoms with Gasteiger partial charge in [-0.3, -0.25) is 14.2 Å². The molecule has 0 spiro atoms. The number of aromatic hydroxyl groups is 1. The van der Waals surface area contributed by atoms with Gasteiger partial charge in [-0.05, 0) is 25.1 Å². The second-order valence-electron chi connectivity index (χ2n) is 5.68. The van der Waals surface area contributed by atoms with E-state index in [2.05, 4.69) is 14.8 Å². The van der Waals surface area contributed by atoms with Crippen LogP contribution in [0.2, 0.25) is 0 Å². The fraction of sp³-hybridized carbons (Fsp3) is 0.200. The van der Waals surface area contributed by atoms with Crippen LogP contribution in [0.25, 0.3) is 22.3 Å². The molecule has 0 unspecified atom stereocenters. The lowest BCUT2D eigenvalue weighted by Gasteiger charge is -2.10. The molecular weight excluding hydrogens is 351 g/mol. The average molecular weight is 366 g/mol. The first-order chi connectivity index (χ1) is 11.6. The Kier molecular flexibility index (Phi) is 3.79. The van der Waals surface area contributed by atoms with Crippen molar-refractivity contribution in [3.05, 3.63) is 39.9 Å². The van der Waals surface area contributed by atoms with Gasteiger partial charge in [-0.15, -0.1) is 0 Å². The Morgan fingerprint density at radius 1 is 1.36 bits per heavy atom. The van der Waals surface area contributed by atoms with E-state index in [1.807, 2.05) is 0 Å². The zero-order valence-electron chi connectivity index (χ0n) is 13.6. The van der Waals surface area contributed by atoms with Crippen LogP contribution in [0, 0.1) is 12.7 Å². The number of aromatic amines is 1. The summed E-state index contributed by atoms with van der Waals surface area (Å²) in [4.78, 5) is 15.2. The second-order valence-corrected chi connectivity index (χ2v) is 7.43. The maximum Gasteiger partial charge on any atom is 0.235 e. The van der Waals surface area contributed by atoms with Gasteiger partial charge in [-0.25, -0.2) is 12.8 Å². The van der Waals surface area contributed by atoms with Gasteiger partial charge in [0.05, 0.1) is 28.7 Å². The van der Waals surface area contributed by atoms with Crippen molar-refractivity contribution in [2.24, 2.45) is 7.05 Å². The molecule has 0 radical (unpaired) electrons. The summed E-state index contributed by atoms with van der Waals surface area (Å²) < 4.78 is 40.5. The molecule has 0 fully saturated rings. The van der Waals surface area contributed by atoms with Gasteiger partial charge in [0.2, 0.25) is 15.5 Å². The summed E-state index contributed by atoms with van der Waals surface area (Å²) in [5.74, 6) is -1.44. The van der Waals surface area contributed by atoms with Gasteiger partial charge in [0, 0.05) is 12.6 Å².